The summed E-state index contributed by atoms with van der Waals surface area (Å²) in [5.74, 6) is 0.167. The minimum Gasteiger partial charge on any atom is -0.342 e. The van der Waals surface area contributed by atoms with Crippen LogP contribution in [0.5, 0.6) is 0 Å². The van der Waals surface area contributed by atoms with Crippen LogP contribution in [0.3, 0.4) is 0 Å². The van der Waals surface area contributed by atoms with Crippen LogP contribution in [-0.2, 0) is 4.79 Å². The molecular weight excluding hydrogens is 238 g/mol. The third kappa shape index (κ3) is 3.55. The van der Waals surface area contributed by atoms with E-state index < -0.39 is 0 Å². The minimum absolute atomic E-state index is 0.0693. The Morgan fingerprint density at radius 2 is 2.21 bits per heavy atom. The van der Waals surface area contributed by atoms with Crippen LogP contribution in [0, 0.1) is 11.3 Å². The van der Waals surface area contributed by atoms with Crippen LogP contribution in [0.25, 0.3) is 0 Å². The Labute approximate surface area is 114 Å². The van der Waals surface area contributed by atoms with Crippen molar-refractivity contribution in [3.63, 3.8) is 0 Å². The molecule has 1 heterocycles. The van der Waals surface area contributed by atoms with Crippen molar-refractivity contribution in [3.05, 3.63) is 35.4 Å². The molecule has 1 saturated heterocycles. The van der Waals surface area contributed by atoms with Gasteiger partial charge in [0.1, 0.15) is 0 Å². The Kier molecular flexibility index (Phi) is 4.53. The highest BCUT2D eigenvalue weighted by Crippen LogP contribution is 2.14. The predicted octanol–water partition coefficient (Wildman–Crippen LogP) is 1.83. The largest absolute Gasteiger partial charge is 0.342 e. The zero-order valence-corrected chi connectivity index (χ0v) is 11.2. The van der Waals surface area contributed by atoms with E-state index in [1.807, 2.05) is 30.0 Å². The molecule has 0 aromatic heterocycles. The Morgan fingerprint density at radius 1 is 1.47 bits per heavy atom. The van der Waals surface area contributed by atoms with Crippen molar-refractivity contribution in [1.29, 1.82) is 5.26 Å². The van der Waals surface area contributed by atoms with E-state index in [-0.39, 0.29) is 11.9 Å². The molecule has 1 atom stereocenters. The average Bonchev–Trinajstić information content (AvgIpc) is 2.98. The standard InChI is InChI=1S/C15H19N3O/c1-12(14-6-4-5-13(9-14)10-16)17-11-15(19)18-7-2-3-8-18/h4-6,9,12,17H,2-3,7-8,11H2,1H3. The molecule has 0 aliphatic carbocycles. The Bertz CT molecular complexity index is 486. The highest BCUT2D eigenvalue weighted by Gasteiger charge is 2.18. The quantitative estimate of drug-likeness (QED) is 0.895. The molecular formula is C15H19N3O. The van der Waals surface area contributed by atoms with Crippen molar-refractivity contribution >= 4 is 5.91 Å². The van der Waals surface area contributed by atoms with Gasteiger partial charge in [-0.3, -0.25) is 4.79 Å². The van der Waals surface area contributed by atoms with Crippen molar-refractivity contribution in [1.82, 2.24) is 10.2 Å². The first-order valence-electron chi connectivity index (χ1n) is 6.72. The number of nitrogens with one attached hydrogen (secondary N) is 1. The maximum absolute atomic E-state index is 11.9. The number of benzene rings is 1. The van der Waals surface area contributed by atoms with E-state index in [4.69, 9.17) is 5.26 Å². The average molecular weight is 257 g/mol. The summed E-state index contributed by atoms with van der Waals surface area (Å²) in [6.45, 7) is 4.14. The van der Waals surface area contributed by atoms with E-state index >= 15 is 0 Å². The molecule has 1 fully saturated rings. The lowest BCUT2D eigenvalue weighted by Crippen LogP contribution is -2.37. The van der Waals surface area contributed by atoms with Crippen LogP contribution < -0.4 is 5.32 Å². The first-order chi connectivity index (χ1) is 9.20. The molecule has 4 heteroatoms. The summed E-state index contributed by atoms with van der Waals surface area (Å²) in [4.78, 5) is 13.8. The topological polar surface area (TPSA) is 56.1 Å². The van der Waals surface area contributed by atoms with E-state index in [0.29, 0.717) is 12.1 Å². The summed E-state index contributed by atoms with van der Waals surface area (Å²) >= 11 is 0. The van der Waals surface area contributed by atoms with E-state index in [2.05, 4.69) is 11.4 Å². The number of hydrogen-bond acceptors (Lipinski definition) is 3. The van der Waals surface area contributed by atoms with E-state index in [9.17, 15) is 4.79 Å². The SMILES string of the molecule is CC(NCC(=O)N1CCCC1)c1cccc(C#N)c1. The van der Waals surface area contributed by atoms with Crippen molar-refractivity contribution in [2.75, 3.05) is 19.6 Å². The number of likely N-dealkylation sites (tertiary alicyclic amines) is 1. The van der Waals surface area contributed by atoms with Gasteiger partial charge in [0.25, 0.3) is 0 Å². The fraction of sp³-hybridized carbons (Fsp3) is 0.467. The lowest BCUT2D eigenvalue weighted by molar-refractivity contribution is -0.129. The van der Waals surface area contributed by atoms with Gasteiger partial charge >= 0.3 is 0 Å². The highest BCUT2D eigenvalue weighted by atomic mass is 16.2. The van der Waals surface area contributed by atoms with Gasteiger partial charge in [0.2, 0.25) is 5.91 Å². The van der Waals surface area contributed by atoms with Crippen LogP contribution in [-0.4, -0.2) is 30.4 Å². The Hall–Kier alpha value is -1.86. The summed E-state index contributed by atoms with van der Waals surface area (Å²) in [7, 11) is 0. The molecule has 1 aromatic rings. The van der Waals surface area contributed by atoms with Crippen LogP contribution in [0.15, 0.2) is 24.3 Å². The number of nitrogens with zero attached hydrogens (tertiary/aromatic N) is 2. The molecule has 0 spiro atoms. The molecule has 0 saturated carbocycles. The summed E-state index contributed by atoms with van der Waals surface area (Å²) in [5, 5.41) is 12.1. The van der Waals surface area contributed by atoms with Crippen molar-refractivity contribution in [2.45, 2.75) is 25.8 Å². The second-order valence-electron chi connectivity index (χ2n) is 4.93. The number of carbonyl (C=O) groups excluding carboxylic acids is 1. The molecule has 1 aliphatic heterocycles. The van der Waals surface area contributed by atoms with Crippen LogP contribution in [0.1, 0.15) is 36.9 Å². The minimum atomic E-state index is 0.0693. The molecule has 2 rings (SSSR count). The molecule has 1 unspecified atom stereocenters. The fourth-order valence-electron chi connectivity index (χ4n) is 2.31. The monoisotopic (exact) mass is 257 g/mol. The smallest absolute Gasteiger partial charge is 0.236 e. The summed E-state index contributed by atoms with van der Waals surface area (Å²) in [6, 6.07) is 9.68. The maximum atomic E-state index is 11.9. The second-order valence-corrected chi connectivity index (χ2v) is 4.93. The van der Waals surface area contributed by atoms with E-state index in [0.717, 1.165) is 31.5 Å². The summed E-state index contributed by atoms with van der Waals surface area (Å²) in [5.41, 5.74) is 1.69. The van der Waals surface area contributed by atoms with Crippen molar-refractivity contribution < 1.29 is 4.79 Å². The highest BCUT2D eigenvalue weighted by molar-refractivity contribution is 5.78. The van der Waals surface area contributed by atoms with Gasteiger partial charge < -0.3 is 10.2 Å². The normalized spacial score (nSPS) is 16.1. The van der Waals surface area contributed by atoms with Gasteiger partial charge in [-0.2, -0.15) is 5.26 Å². The number of amides is 1. The first-order valence-corrected chi connectivity index (χ1v) is 6.72. The number of hydrogen-bond donors (Lipinski definition) is 1. The molecule has 1 aromatic carbocycles. The van der Waals surface area contributed by atoms with E-state index in [1.54, 1.807) is 6.07 Å². The third-order valence-electron chi connectivity index (χ3n) is 3.53. The maximum Gasteiger partial charge on any atom is 0.236 e. The Balaban J connectivity index is 1.88. The van der Waals surface area contributed by atoms with Gasteiger partial charge in [0.05, 0.1) is 18.2 Å². The summed E-state index contributed by atoms with van der Waals surface area (Å²) < 4.78 is 0. The fourth-order valence-corrected chi connectivity index (χ4v) is 2.31. The van der Waals surface area contributed by atoms with Gasteiger partial charge in [-0.25, -0.2) is 0 Å². The van der Waals surface area contributed by atoms with Gasteiger partial charge in [0.15, 0.2) is 0 Å². The number of carbonyl (C=O) groups is 1. The zero-order valence-electron chi connectivity index (χ0n) is 11.2. The third-order valence-corrected chi connectivity index (χ3v) is 3.53. The number of rotatable bonds is 4. The lowest BCUT2D eigenvalue weighted by Gasteiger charge is -2.18. The molecule has 100 valence electrons. The van der Waals surface area contributed by atoms with Crippen LogP contribution >= 0.6 is 0 Å². The molecule has 4 nitrogen and oxygen atoms in total. The number of nitriles is 1. The molecule has 1 N–H and O–H groups in total. The zero-order chi connectivity index (χ0) is 13.7. The first kappa shape index (κ1) is 13.6. The Morgan fingerprint density at radius 3 is 2.89 bits per heavy atom. The van der Waals surface area contributed by atoms with Crippen LogP contribution in [0.2, 0.25) is 0 Å². The summed E-state index contributed by atoms with van der Waals surface area (Å²) in [6.07, 6.45) is 2.23. The molecule has 19 heavy (non-hydrogen) atoms. The molecule has 0 radical (unpaired) electrons. The molecule has 1 aliphatic rings. The van der Waals surface area contributed by atoms with E-state index in [1.165, 1.54) is 0 Å². The van der Waals surface area contributed by atoms with Crippen LogP contribution in [0.4, 0.5) is 0 Å². The van der Waals surface area contributed by atoms with Gasteiger partial charge in [-0.05, 0) is 37.5 Å². The molecule has 1 amide bonds. The molecule has 0 bridgehead atoms. The van der Waals surface area contributed by atoms with Gasteiger partial charge in [-0.1, -0.05) is 12.1 Å². The second kappa shape index (κ2) is 6.35. The van der Waals surface area contributed by atoms with Crippen molar-refractivity contribution in [2.24, 2.45) is 0 Å². The van der Waals surface area contributed by atoms with Gasteiger partial charge in [-0.15, -0.1) is 0 Å². The van der Waals surface area contributed by atoms with Crippen molar-refractivity contribution in [3.8, 4) is 6.07 Å². The predicted molar refractivity (Wildman–Crippen MR) is 73.4 cm³/mol. The lowest BCUT2D eigenvalue weighted by atomic mass is 10.1. The van der Waals surface area contributed by atoms with Gasteiger partial charge in [0, 0.05) is 19.1 Å².